The molecule has 0 aliphatic heterocycles. The number of nitrogens with one attached hydrogen (secondary N) is 1. The Morgan fingerprint density at radius 3 is 2.48 bits per heavy atom. The van der Waals surface area contributed by atoms with E-state index in [0.29, 0.717) is 5.56 Å². The van der Waals surface area contributed by atoms with Crippen molar-refractivity contribution in [2.45, 2.75) is 33.2 Å². The van der Waals surface area contributed by atoms with Crippen molar-refractivity contribution in [2.24, 2.45) is 0 Å². The third-order valence-corrected chi connectivity index (χ3v) is 4.65. The largest absolute Gasteiger partial charge is 0.349 e. The van der Waals surface area contributed by atoms with Crippen molar-refractivity contribution in [2.75, 3.05) is 0 Å². The lowest BCUT2D eigenvalue weighted by Crippen LogP contribution is -2.34. The van der Waals surface area contributed by atoms with E-state index in [9.17, 15) is 4.79 Å². The maximum Gasteiger partial charge on any atom is 0.252 e. The van der Waals surface area contributed by atoms with Crippen molar-refractivity contribution in [1.82, 2.24) is 5.32 Å². The fourth-order valence-electron chi connectivity index (χ4n) is 2.34. The van der Waals surface area contributed by atoms with Gasteiger partial charge in [-0.3, -0.25) is 4.79 Å². The second-order valence-electron chi connectivity index (χ2n) is 5.44. The van der Waals surface area contributed by atoms with Crippen molar-refractivity contribution in [3.05, 3.63) is 69.2 Å². The van der Waals surface area contributed by atoms with Crippen LogP contribution in [0.15, 0.2) is 46.9 Å². The minimum atomic E-state index is -0.0355. The van der Waals surface area contributed by atoms with E-state index in [0.717, 1.165) is 16.5 Å². The van der Waals surface area contributed by atoms with Gasteiger partial charge in [-0.1, -0.05) is 36.4 Å². The Morgan fingerprint density at radius 1 is 1.10 bits per heavy atom. The summed E-state index contributed by atoms with van der Waals surface area (Å²) in [6, 6.07) is 14.1. The number of carbonyl (C=O) groups is 1. The Kier molecular flexibility index (Phi) is 5.18. The van der Waals surface area contributed by atoms with E-state index in [-0.39, 0.29) is 11.9 Å². The molecule has 0 heterocycles. The summed E-state index contributed by atoms with van der Waals surface area (Å²) in [5.41, 5.74) is 4.28. The van der Waals surface area contributed by atoms with Crippen LogP contribution >= 0.6 is 15.9 Å². The van der Waals surface area contributed by atoms with Gasteiger partial charge in [-0.25, -0.2) is 0 Å². The van der Waals surface area contributed by atoms with Crippen molar-refractivity contribution in [1.29, 1.82) is 0 Å². The number of amides is 1. The number of aryl methyl sites for hydroxylation is 2. The van der Waals surface area contributed by atoms with Crippen molar-refractivity contribution in [3.63, 3.8) is 0 Å². The number of halogens is 1. The van der Waals surface area contributed by atoms with Gasteiger partial charge in [-0.2, -0.15) is 0 Å². The van der Waals surface area contributed by atoms with Crippen LogP contribution in [0.25, 0.3) is 0 Å². The first-order valence-electron chi connectivity index (χ1n) is 7.09. The standard InChI is InChI=1S/C18H20BrNO/c1-12-7-4-5-9-15(12)11-14(3)20-18(21)16-10-6-8-13(2)17(16)19/h4-10,14H,11H2,1-3H3,(H,20,21). The second-order valence-corrected chi connectivity index (χ2v) is 6.23. The monoisotopic (exact) mass is 345 g/mol. The van der Waals surface area contributed by atoms with Gasteiger partial charge >= 0.3 is 0 Å². The Bertz CT molecular complexity index is 651. The summed E-state index contributed by atoms with van der Waals surface area (Å²) in [5.74, 6) is -0.0355. The van der Waals surface area contributed by atoms with Gasteiger partial charge in [-0.05, 0) is 65.9 Å². The molecule has 0 aliphatic carbocycles. The average molecular weight is 346 g/mol. The van der Waals surface area contributed by atoms with Gasteiger partial charge in [0.2, 0.25) is 0 Å². The highest BCUT2D eigenvalue weighted by atomic mass is 79.9. The van der Waals surface area contributed by atoms with E-state index in [1.54, 1.807) is 0 Å². The summed E-state index contributed by atoms with van der Waals surface area (Å²) in [5, 5.41) is 3.07. The zero-order valence-corrected chi connectivity index (χ0v) is 14.2. The van der Waals surface area contributed by atoms with Gasteiger partial charge in [0, 0.05) is 10.5 Å². The van der Waals surface area contributed by atoms with Gasteiger partial charge < -0.3 is 5.32 Å². The van der Waals surface area contributed by atoms with Gasteiger partial charge in [0.15, 0.2) is 0 Å². The normalized spacial score (nSPS) is 12.0. The summed E-state index contributed by atoms with van der Waals surface area (Å²) in [6.45, 7) is 6.12. The lowest BCUT2D eigenvalue weighted by Gasteiger charge is -2.16. The molecule has 0 spiro atoms. The summed E-state index contributed by atoms with van der Waals surface area (Å²) in [7, 11) is 0. The molecule has 2 nitrogen and oxygen atoms in total. The molecule has 0 aliphatic rings. The van der Waals surface area contributed by atoms with Crippen LogP contribution in [0, 0.1) is 13.8 Å². The molecule has 0 bridgehead atoms. The predicted octanol–water partition coefficient (Wildman–Crippen LogP) is 4.43. The third-order valence-electron chi connectivity index (χ3n) is 3.60. The molecular formula is C18H20BrNO. The minimum absolute atomic E-state index is 0.0355. The number of hydrogen-bond donors (Lipinski definition) is 1. The predicted molar refractivity (Wildman–Crippen MR) is 90.7 cm³/mol. The van der Waals surface area contributed by atoms with E-state index in [1.807, 2.05) is 44.2 Å². The zero-order valence-electron chi connectivity index (χ0n) is 12.6. The molecule has 1 amide bonds. The number of benzene rings is 2. The molecule has 2 aromatic rings. The first-order chi connectivity index (χ1) is 9.99. The van der Waals surface area contributed by atoms with Crippen LogP contribution in [-0.2, 0) is 6.42 Å². The highest BCUT2D eigenvalue weighted by molar-refractivity contribution is 9.10. The lowest BCUT2D eigenvalue weighted by atomic mass is 10.0. The molecule has 2 aromatic carbocycles. The maximum absolute atomic E-state index is 12.4. The number of hydrogen-bond acceptors (Lipinski definition) is 1. The molecule has 0 saturated heterocycles. The Balaban J connectivity index is 2.06. The molecule has 0 fully saturated rings. The van der Waals surface area contributed by atoms with Crippen LogP contribution < -0.4 is 5.32 Å². The second kappa shape index (κ2) is 6.90. The molecule has 0 radical (unpaired) electrons. The van der Waals surface area contributed by atoms with Crippen LogP contribution in [0.4, 0.5) is 0 Å². The molecule has 110 valence electrons. The zero-order chi connectivity index (χ0) is 15.4. The Morgan fingerprint density at radius 2 is 1.76 bits per heavy atom. The van der Waals surface area contributed by atoms with E-state index < -0.39 is 0 Å². The molecule has 3 heteroatoms. The van der Waals surface area contributed by atoms with Crippen molar-refractivity contribution >= 4 is 21.8 Å². The first-order valence-corrected chi connectivity index (χ1v) is 7.89. The smallest absolute Gasteiger partial charge is 0.252 e. The Labute approximate surface area is 134 Å². The van der Waals surface area contributed by atoms with Crippen LogP contribution in [0.3, 0.4) is 0 Å². The van der Waals surface area contributed by atoms with Gasteiger partial charge in [0.25, 0.3) is 5.91 Å². The van der Waals surface area contributed by atoms with Crippen molar-refractivity contribution < 1.29 is 4.79 Å². The summed E-state index contributed by atoms with van der Waals surface area (Å²) in [4.78, 5) is 12.4. The molecule has 1 atom stereocenters. The summed E-state index contributed by atoms with van der Waals surface area (Å²) in [6.07, 6.45) is 0.835. The molecule has 0 saturated carbocycles. The number of rotatable bonds is 4. The highest BCUT2D eigenvalue weighted by Crippen LogP contribution is 2.21. The fourth-order valence-corrected chi connectivity index (χ4v) is 2.79. The van der Waals surface area contributed by atoms with Crippen LogP contribution in [0.2, 0.25) is 0 Å². The van der Waals surface area contributed by atoms with E-state index >= 15 is 0 Å². The molecule has 1 N–H and O–H groups in total. The maximum atomic E-state index is 12.4. The molecule has 0 aromatic heterocycles. The minimum Gasteiger partial charge on any atom is -0.349 e. The number of carbonyl (C=O) groups excluding carboxylic acids is 1. The average Bonchev–Trinajstić information content (AvgIpc) is 2.44. The quantitative estimate of drug-likeness (QED) is 0.872. The summed E-state index contributed by atoms with van der Waals surface area (Å²) < 4.78 is 0.866. The lowest BCUT2D eigenvalue weighted by molar-refractivity contribution is 0.0939. The van der Waals surface area contributed by atoms with E-state index in [2.05, 4.69) is 40.3 Å². The van der Waals surface area contributed by atoms with Crippen molar-refractivity contribution in [3.8, 4) is 0 Å². The molecular weight excluding hydrogens is 326 g/mol. The fraction of sp³-hybridized carbons (Fsp3) is 0.278. The highest BCUT2D eigenvalue weighted by Gasteiger charge is 2.14. The summed E-state index contributed by atoms with van der Waals surface area (Å²) >= 11 is 3.49. The van der Waals surface area contributed by atoms with E-state index in [1.165, 1.54) is 11.1 Å². The molecule has 1 unspecified atom stereocenters. The van der Waals surface area contributed by atoms with Crippen LogP contribution in [0.1, 0.15) is 34.0 Å². The SMILES string of the molecule is Cc1ccccc1CC(C)NC(=O)c1cccc(C)c1Br. The first kappa shape index (κ1) is 15.8. The van der Waals surface area contributed by atoms with Crippen LogP contribution in [-0.4, -0.2) is 11.9 Å². The third kappa shape index (κ3) is 3.94. The van der Waals surface area contributed by atoms with Crippen LogP contribution in [0.5, 0.6) is 0 Å². The van der Waals surface area contributed by atoms with Gasteiger partial charge in [-0.15, -0.1) is 0 Å². The Hall–Kier alpha value is -1.61. The van der Waals surface area contributed by atoms with Gasteiger partial charge in [0.1, 0.15) is 0 Å². The topological polar surface area (TPSA) is 29.1 Å². The van der Waals surface area contributed by atoms with E-state index in [4.69, 9.17) is 0 Å². The van der Waals surface area contributed by atoms with Gasteiger partial charge in [0.05, 0.1) is 5.56 Å². The molecule has 21 heavy (non-hydrogen) atoms. The molecule has 2 rings (SSSR count).